The number of hydrogen-bond acceptors (Lipinski definition) is 2. The summed E-state index contributed by atoms with van der Waals surface area (Å²) in [6, 6.07) is 0.983. The van der Waals surface area contributed by atoms with Crippen LogP contribution in [0.25, 0.3) is 0 Å². The van der Waals surface area contributed by atoms with E-state index in [2.05, 4.69) is 10.2 Å². The van der Waals surface area contributed by atoms with Crippen LogP contribution in [0.2, 0.25) is 6.04 Å². The molecule has 0 saturated heterocycles. The van der Waals surface area contributed by atoms with Crippen molar-refractivity contribution in [3.63, 3.8) is 0 Å². The molecule has 0 fully saturated rings. The molecule has 3 heteroatoms. The second-order valence-corrected chi connectivity index (χ2v) is 2.28. The van der Waals surface area contributed by atoms with Crippen LogP contribution in [-0.4, -0.2) is 30.2 Å². The fourth-order valence-electron chi connectivity index (χ4n) is 0.390. The zero-order valence-corrected chi connectivity index (χ0v) is 7.02. The van der Waals surface area contributed by atoms with E-state index in [4.69, 9.17) is 9.47 Å². The predicted octanol–water partition coefficient (Wildman–Crippen LogP) is 0.972. The van der Waals surface area contributed by atoms with Gasteiger partial charge in [0, 0.05) is 24.0 Å². The van der Waals surface area contributed by atoms with Gasteiger partial charge in [-0.1, -0.05) is 6.04 Å². The van der Waals surface area contributed by atoms with E-state index in [-0.39, 0.29) is 6.29 Å². The zero-order valence-electron chi connectivity index (χ0n) is 6.02. The Morgan fingerprint density at radius 2 is 2.22 bits per heavy atom. The Hall–Kier alpha value is 0.137. The van der Waals surface area contributed by atoms with E-state index in [1.165, 1.54) is 0 Å². The van der Waals surface area contributed by atoms with E-state index in [1.54, 1.807) is 7.11 Å². The molecule has 9 heavy (non-hydrogen) atoms. The molecule has 0 aromatic rings. The number of hydrogen-bond donors (Lipinski definition) is 0. The fraction of sp³-hybridized carbons (Fsp3) is 1.00. The Kier molecular flexibility index (Phi) is 6.35. The molecule has 1 atom stereocenters. The van der Waals surface area contributed by atoms with Gasteiger partial charge < -0.3 is 9.47 Å². The van der Waals surface area contributed by atoms with Crippen LogP contribution in [0.1, 0.15) is 13.3 Å². The lowest BCUT2D eigenvalue weighted by atomic mass is 10.5. The third kappa shape index (κ3) is 6.02. The first-order valence-electron chi connectivity index (χ1n) is 3.10. The standard InChI is InChI=1S/C6H13O2Si/c1-6(7-2)8-4-3-5-9/h6H,3-5H2,1-2H3. The average molecular weight is 145 g/mol. The van der Waals surface area contributed by atoms with Gasteiger partial charge in [-0.15, -0.1) is 0 Å². The van der Waals surface area contributed by atoms with Crippen molar-refractivity contribution in [2.75, 3.05) is 13.7 Å². The average Bonchev–Trinajstić information content (AvgIpc) is 1.89. The third-order valence-electron chi connectivity index (χ3n) is 1.01. The van der Waals surface area contributed by atoms with Crippen molar-refractivity contribution in [1.29, 1.82) is 0 Å². The van der Waals surface area contributed by atoms with Crippen LogP contribution in [0.3, 0.4) is 0 Å². The maximum Gasteiger partial charge on any atom is 0.154 e. The Bertz CT molecular complexity index is 59.0. The molecule has 0 rings (SSSR count). The van der Waals surface area contributed by atoms with E-state index >= 15 is 0 Å². The van der Waals surface area contributed by atoms with Gasteiger partial charge in [-0.25, -0.2) is 0 Å². The third-order valence-corrected chi connectivity index (χ3v) is 1.36. The van der Waals surface area contributed by atoms with Crippen molar-refractivity contribution < 1.29 is 9.47 Å². The molecule has 0 aromatic heterocycles. The molecule has 0 aliphatic rings. The van der Waals surface area contributed by atoms with Crippen molar-refractivity contribution in [1.82, 2.24) is 0 Å². The number of methoxy groups -OCH3 is 1. The first kappa shape index (κ1) is 9.14. The van der Waals surface area contributed by atoms with Crippen LogP contribution >= 0.6 is 0 Å². The highest BCUT2D eigenvalue weighted by Gasteiger charge is 1.95. The van der Waals surface area contributed by atoms with Gasteiger partial charge in [-0.3, -0.25) is 0 Å². The van der Waals surface area contributed by atoms with Gasteiger partial charge in [0.25, 0.3) is 0 Å². The van der Waals surface area contributed by atoms with Gasteiger partial charge in [0.05, 0.1) is 0 Å². The molecule has 0 saturated carbocycles. The van der Waals surface area contributed by atoms with Crippen molar-refractivity contribution in [2.24, 2.45) is 0 Å². The lowest BCUT2D eigenvalue weighted by molar-refractivity contribution is -0.110. The molecule has 2 nitrogen and oxygen atoms in total. The van der Waals surface area contributed by atoms with Crippen molar-refractivity contribution in [3.05, 3.63) is 0 Å². The Balaban J connectivity index is 2.88. The van der Waals surface area contributed by atoms with Gasteiger partial charge in [-0.2, -0.15) is 0 Å². The minimum Gasteiger partial charge on any atom is -0.356 e. The monoisotopic (exact) mass is 145 g/mol. The molecule has 0 amide bonds. The molecule has 1 unspecified atom stereocenters. The van der Waals surface area contributed by atoms with E-state index < -0.39 is 0 Å². The SMILES string of the molecule is COC(C)OCCC[Si]. The second-order valence-electron chi connectivity index (χ2n) is 1.78. The van der Waals surface area contributed by atoms with Crippen LogP contribution in [0, 0.1) is 0 Å². The first-order chi connectivity index (χ1) is 4.31. The highest BCUT2D eigenvalue weighted by atomic mass is 28.1. The Morgan fingerprint density at radius 1 is 1.56 bits per heavy atom. The normalized spacial score (nSPS) is 13.7. The lowest BCUT2D eigenvalue weighted by Crippen LogP contribution is -2.10. The predicted molar refractivity (Wildman–Crippen MR) is 37.6 cm³/mol. The summed E-state index contributed by atoms with van der Waals surface area (Å²) in [5.41, 5.74) is 0. The van der Waals surface area contributed by atoms with Crippen LogP contribution in [0.5, 0.6) is 0 Å². The molecule has 0 heterocycles. The van der Waals surface area contributed by atoms with E-state index in [0.717, 1.165) is 19.1 Å². The summed E-state index contributed by atoms with van der Waals surface area (Å²) in [5, 5.41) is 0. The van der Waals surface area contributed by atoms with E-state index in [0.29, 0.717) is 0 Å². The molecule has 0 bridgehead atoms. The Morgan fingerprint density at radius 3 is 2.67 bits per heavy atom. The summed E-state index contributed by atoms with van der Waals surface area (Å²) in [6.45, 7) is 2.65. The van der Waals surface area contributed by atoms with Gasteiger partial charge >= 0.3 is 0 Å². The molecule has 0 aromatic carbocycles. The largest absolute Gasteiger partial charge is 0.356 e. The maximum atomic E-state index is 5.18. The van der Waals surface area contributed by atoms with Crippen molar-refractivity contribution in [2.45, 2.75) is 25.7 Å². The highest BCUT2D eigenvalue weighted by molar-refractivity contribution is 6.08. The highest BCUT2D eigenvalue weighted by Crippen LogP contribution is 1.93. The fourth-order valence-corrected chi connectivity index (χ4v) is 0.534. The van der Waals surface area contributed by atoms with Crippen LogP contribution in [-0.2, 0) is 9.47 Å². The minimum absolute atomic E-state index is 0.0665. The van der Waals surface area contributed by atoms with Gasteiger partial charge in [0.1, 0.15) is 0 Å². The lowest BCUT2D eigenvalue weighted by Gasteiger charge is -2.09. The summed E-state index contributed by atoms with van der Waals surface area (Å²) >= 11 is 0. The smallest absolute Gasteiger partial charge is 0.154 e. The van der Waals surface area contributed by atoms with Gasteiger partial charge in [-0.05, 0) is 13.3 Å². The minimum atomic E-state index is -0.0665. The molecule has 0 aliphatic heterocycles. The van der Waals surface area contributed by atoms with Crippen LogP contribution < -0.4 is 0 Å². The van der Waals surface area contributed by atoms with Crippen LogP contribution in [0.4, 0.5) is 0 Å². The molecular formula is C6H13O2Si. The Labute approximate surface area is 60.0 Å². The van der Waals surface area contributed by atoms with Crippen LogP contribution in [0.15, 0.2) is 0 Å². The van der Waals surface area contributed by atoms with Gasteiger partial charge in [0.2, 0.25) is 0 Å². The molecule has 0 aliphatic carbocycles. The quantitative estimate of drug-likeness (QED) is 0.326. The molecule has 3 radical (unpaired) electrons. The zero-order chi connectivity index (χ0) is 7.11. The molecular weight excluding hydrogens is 132 g/mol. The van der Waals surface area contributed by atoms with E-state index in [9.17, 15) is 0 Å². The van der Waals surface area contributed by atoms with E-state index in [1.807, 2.05) is 6.92 Å². The topological polar surface area (TPSA) is 18.5 Å². The van der Waals surface area contributed by atoms with Crippen molar-refractivity contribution in [3.8, 4) is 0 Å². The molecule has 0 spiro atoms. The molecule has 53 valence electrons. The number of ether oxygens (including phenoxy) is 2. The summed E-state index contributed by atoms with van der Waals surface area (Å²) < 4.78 is 10.0. The summed E-state index contributed by atoms with van der Waals surface area (Å²) in [5.74, 6) is 0. The first-order valence-corrected chi connectivity index (χ1v) is 3.81. The summed E-state index contributed by atoms with van der Waals surface area (Å²) in [7, 11) is 4.98. The van der Waals surface area contributed by atoms with Crippen molar-refractivity contribution >= 4 is 10.2 Å². The summed E-state index contributed by atoms with van der Waals surface area (Å²) in [4.78, 5) is 0. The second kappa shape index (κ2) is 6.26. The molecule has 0 N–H and O–H groups in total. The number of rotatable bonds is 5. The van der Waals surface area contributed by atoms with Gasteiger partial charge in [0.15, 0.2) is 6.29 Å². The summed E-state index contributed by atoms with van der Waals surface area (Å²) in [6.07, 6.45) is 0.966. The maximum absolute atomic E-state index is 5.18.